The van der Waals surface area contributed by atoms with E-state index in [1.54, 1.807) is 27.8 Å². The average molecular weight is 513 g/mol. The van der Waals surface area contributed by atoms with Gasteiger partial charge in [-0.05, 0) is 30.2 Å². The number of thioether (sulfide) groups is 1. The number of benzene rings is 3. The van der Waals surface area contributed by atoms with Crippen molar-refractivity contribution in [2.24, 2.45) is 0 Å². The average Bonchev–Trinajstić information content (AvgIpc) is 3.44. The van der Waals surface area contributed by atoms with Gasteiger partial charge in [0.15, 0.2) is 0 Å². The first-order valence-corrected chi connectivity index (χ1v) is 12.4. The van der Waals surface area contributed by atoms with Crippen molar-refractivity contribution >= 4 is 46.0 Å². The lowest BCUT2D eigenvalue weighted by Gasteiger charge is -2.14. The van der Waals surface area contributed by atoms with E-state index in [2.05, 4.69) is 0 Å². The van der Waals surface area contributed by atoms with Crippen molar-refractivity contribution in [2.75, 3.05) is 6.54 Å². The zero-order valence-electron chi connectivity index (χ0n) is 19.0. The van der Waals surface area contributed by atoms with Gasteiger partial charge in [-0.15, -0.1) is 0 Å². The van der Waals surface area contributed by atoms with Crippen LogP contribution in [0.25, 0.3) is 23.0 Å². The maximum atomic E-state index is 13.2. The van der Waals surface area contributed by atoms with Crippen molar-refractivity contribution in [1.82, 2.24) is 14.7 Å². The largest absolute Gasteiger partial charge is 0.293 e. The number of nitro benzene ring substituents is 1. The number of hydrogen-bond donors (Lipinski definition) is 0. The first-order chi connectivity index (χ1) is 17.5. The summed E-state index contributed by atoms with van der Waals surface area (Å²) in [7, 11) is 0. The Balaban J connectivity index is 1.50. The van der Waals surface area contributed by atoms with Crippen LogP contribution in [0, 0.1) is 10.1 Å². The van der Waals surface area contributed by atoms with Gasteiger partial charge in [0, 0.05) is 36.0 Å². The summed E-state index contributed by atoms with van der Waals surface area (Å²) in [6.07, 6.45) is 4.29. The van der Waals surface area contributed by atoms with Gasteiger partial charge in [-0.2, -0.15) is 5.10 Å². The van der Waals surface area contributed by atoms with E-state index in [1.807, 2.05) is 66.9 Å². The summed E-state index contributed by atoms with van der Waals surface area (Å²) in [6, 6.07) is 25.8. The third kappa shape index (κ3) is 4.98. The van der Waals surface area contributed by atoms with Crippen LogP contribution < -0.4 is 0 Å². The molecule has 0 radical (unpaired) electrons. The standard InChI is InChI=1S/C27H20N4O3S2/c32-26-24(36-27(35)29(26)15-14-19-8-3-1-4-9-19)17-21-18-30(22-11-5-2-6-12-22)28-25(21)20-10-7-13-23(16-20)31(33)34/h1-13,16-18H,14-15H2/b24-17-. The highest BCUT2D eigenvalue weighted by Gasteiger charge is 2.32. The predicted octanol–water partition coefficient (Wildman–Crippen LogP) is 5.89. The third-order valence-electron chi connectivity index (χ3n) is 5.72. The minimum absolute atomic E-state index is 0.0278. The number of hydrogen-bond acceptors (Lipinski definition) is 6. The Kier molecular flexibility index (Phi) is 6.75. The zero-order valence-corrected chi connectivity index (χ0v) is 20.6. The molecule has 9 heteroatoms. The molecule has 0 atom stereocenters. The SMILES string of the molecule is O=C1/C(=C/c2cn(-c3ccccc3)nc2-c2cccc([N+](=O)[O-])c2)SC(=S)N1CCc1ccccc1. The van der Waals surface area contributed by atoms with E-state index in [4.69, 9.17) is 17.3 Å². The maximum absolute atomic E-state index is 13.2. The van der Waals surface area contributed by atoms with Gasteiger partial charge in [-0.3, -0.25) is 19.8 Å². The fourth-order valence-electron chi connectivity index (χ4n) is 3.92. The molecule has 1 aromatic heterocycles. The van der Waals surface area contributed by atoms with Gasteiger partial charge >= 0.3 is 0 Å². The molecule has 2 heterocycles. The van der Waals surface area contributed by atoms with Crippen LogP contribution in [0.2, 0.25) is 0 Å². The topological polar surface area (TPSA) is 81.3 Å². The number of rotatable bonds is 7. The molecule has 36 heavy (non-hydrogen) atoms. The summed E-state index contributed by atoms with van der Waals surface area (Å²) in [5.41, 5.74) is 3.73. The summed E-state index contributed by atoms with van der Waals surface area (Å²) < 4.78 is 2.21. The van der Waals surface area contributed by atoms with Gasteiger partial charge in [0.2, 0.25) is 0 Å². The molecule has 1 amide bonds. The molecule has 7 nitrogen and oxygen atoms in total. The smallest absolute Gasteiger partial charge is 0.270 e. The monoisotopic (exact) mass is 512 g/mol. The quantitative estimate of drug-likeness (QED) is 0.133. The summed E-state index contributed by atoms with van der Waals surface area (Å²) in [5.74, 6) is -0.154. The number of non-ortho nitro benzene ring substituents is 1. The van der Waals surface area contributed by atoms with Crippen LogP contribution >= 0.6 is 24.0 Å². The summed E-state index contributed by atoms with van der Waals surface area (Å²) in [6.45, 7) is 0.493. The van der Waals surface area contributed by atoms with Crippen LogP contribution in [0.3, 0.4) is 0 Å². The lowest BCUT2D eigenvalue weighted by Crippen LogP contribution is -2.30. The second-order valence-corrected chi connectivity index (χ2v) is 9.77. The lowest BCUT2D eigenvalue weighted by atomic mass is 10.1. The second-order valence-electron chi connectivity index (χ2n) is 8.09. The highest BCUT2D eigenvalue weighted by atomic mass is 32.2. The molecule has 5 rings (SSSR count). The van der Waals surface area contributed by atoms with Crippen LogP contribution in [0.15, 0.2) is 96.0 Å². The molecule has 1 fully saturated rings. The summed E-state index contributed by atoms with van der Waals surface area (Å²) >= 11 is 6.76. The molecule has 3 aromatic carbocycles. The Morgan fingerprint density at radius 1 is 1.00 bits per heavy atom. The molecule has 0 saturated carbocycles. The molecule has 178 valence electrons. The number of thiocarbonyl (C=S) groups is 1. The molecule has 4 aromatic rings. The molecule has 0 unspecified atom stereocenters. The third-order valence-corrected chi connectivity index (χ3v) is 7.10. The van der Waals surface area contributed by atoms with Crippen LogP contribution in [-0.2, 0) is 11.2 Å². The van der Waals surface area contributed by atoms with E-state index in [9.17, 15) is 14.9 Å². The Morgan fingerprint density at radius 2 is 1.72 bits per heavy atom. The van der Waals surface area contributed by atoms with Crippen molar-refractivity contribution in [3.63, 3.8) is 0 Å². The summed E-state index contributed by atoms with van der Waals surface area (Å²) in [4.78, 5) is 26.3. The van der Waals surface area contributed by atoms with Crippen molar-refractivity contribution < 1.29 is 9.72 Å². The van der Waals surface area contributed by atoms with Gasteiger partial charge in [0.1, 0.15) is 10.0 Å². The van der Waals surface area contributed by atoms with Crippen molar-refractivity contribution in [3.8, 4) is 16.9 Å². The minimum atomic E-state index is -0.435. The number of aromatic nitrogens is 2. The zero-order chi connectivity index (χ0) is 25.1. The highest BCUT2D eigenvalue weighted by Crippen LogP contribution is 2.35. The van der Waals surface area contributed by atoms with Crippen molar-refractivity contribution in [3.05, 3.63) is 117 Å². The number of para-hydroxylation sites is 1. The molecule has 0 aliphatic carbocycles. The number of carbonyl (C=O) groups excluding carboxylic acids is 1. The second kappa shape index (κ2) is 10.3. The van der Waals surface area contributed by atoms with E-state index in [-0.39, 0.29) is 11.6 Å². The molecule has 1 saturated heterocycles. The number of amides is 1. The van der Waals surface area contributed by atoms with Crippen molar-refractivity contribution in [2.45, 2.75) is 6.42 Å². The predicted molar refractivity (Wildman–Crippen MR) is 146 cm³/mol. The van der Waals surface area contributed by atoms with Gasteiger partial charge < -0.3 is 0 Å². The molecule has 1 aliphatic heterocycles. The number of nitrogens with zero attached hydrogens (tertiary/aromatic N) is 4. The lowest BCUT2D eigenvalue weighted by molar-refractivity contribution is -0.384. The molecule has 0 bridgehead atoms. The Bertz CT molecular complexity index is 1480. The fraction of sp³-hybridized carbons (Fsp3) is 0.0741. The van der Waals surface area contributed by atoms with Crippen LogP contribution in [-0.4, -0.2) is 36.4 Å². The van der Waals surface area contributed by atoms with Gasteiger partial charge in [0.05, 0.1) is 15.5 Å². The molecule has 0 N–H and O–H groups in total. The number of nitro groups is 1. The Hall–Kier alpha value is -4.08. The van der Waals surface area contributed by atoms with E-state index in [0.29, 0.717) is 39.0 Å². The molecule has 1 aliphatic rings. The normalized spacial score (nSPS) is 14.6. The first kappa shape index (κ1) is 23.7. The van der Waals surface area contributed by atoms with Crippen LogP contribution in [0.5, 0.6) is 0 Å². The van der Waals surface area contributed by atoms with Crippen LogP contribution in [0.4, 0.5) is 5.69 Å². The molecule has 0 spiro atoms. The maximum Gasteiger partial charge on any atom is 0.270 e. The van der Waals surface area contributed by atoms with Crippen LogP contribution in [0.1, 0.15) is 11.1 Å². The Labute approximate surface area is 217 Å². The highest BCUT2D eigenvalue weighted by molar-refractivity contribution is 8.26. The Morgan fingerprint density at radius 3 is 2.44 bits per heavy atom. The van der Waals surface area contributed by atoms with E-state index in [1.165, 1.54) is 23.9 Å². The fourth-order valence-corrected chi connectivity index (χ4v) is 5.22. The molecular formula is C27H20N4O3S2. The number of carbonyl (C=O) groups is 1. The van der Waals surface area contributed by atoms with Gasteiger partial charge in [-0.25, -0.2) is 4.68 Å². The minimum Gasteiger partial charge on any atom is -0.293 e. The first-order valence-electron chi connectivity index (χ1n) is 11.2. The van der Waals surface area contributed by atoms with Crippen molar-refractivity contribution in [1.29, 1.82) is 0 Å². The van der Waals surface area contributed by atoms with E-state index in [0.717, 1.165) is 11.3 Å². The van der Waals surface area contributed by atoms with E-state index >= 15 is 0 Å². The van der Waals surface area contributed by atoms with Gasteiger partial charge in [-0.1, -0.05) is 84.6 Å². The van der Waals surface area contributed by atoms with Gasteiger partial charge in [0.25, 0.3) is 11.6 Å². The van der Waals surface area contributed by atoms with E-state index < -0.39 is 4.92 Å². The summed E-state index contributed by atoms with van der Waals surface area (Å²) in [5, 5.41) is 16.1. The molecular weight excluding hydrogens is 492 g/mol.